The summed E-state index contributed by atoms with van der Waals surface area (Å²) in [5, 5.41) is 14.5. The van der Waals surface area contributed by atoms with E-state index in [9.17, 15) is 0 Å². The zero-order valence-corrected chi connectivity index (χ0v) is 17.8. The molecule has 0 unspecified atom stereocenters. The van der Waals surface area contributed by atoms with E-state index in [0.717, 1.165) is 30.2 Å². The highest BCUT2D eigenvalue weighted by molar-refractivity contribution is 14.0. The lowest BCUT2D eigenvalue weighted by molar-refractivity contribution is 0.572. The molecule has 0 saturated heterocycles. The fourth-order valence-corrected chi connectivity index (χ4v) is 2.44. The lowest BCUT2D eigenvalue weighted by Crippen LogP contribution is -2.37. The second kappa shape index (κ2) is 10.7. The van der Waals surface area contributed by atoms with E-state index < -0.39 is 0 Å². The van der Waals surface area contributed by atoms with Crippen molar-refractivity contribution in [2.45, 2.75) is 33.5 Å². The summed E-state index contributed by atoms with van der Waals surface area (Å²) in [5.41, 5.74) is 1.73. The molecule has 9 heteroatoms. The first-order valence-corrected chi connectivity index (χ1v) is 8.68. The third-order valence-corrected chi connectivity index (χ3v) is 3.77. The molecule has 2 N–H and O–H groups in total. The second-order valence-electron chi connectivity index (χ2n) is 5.59. The van der Waals surface area contributed by atoms with Gasteiger partial charge in [-0.1, -0.05) is 18.2 Å². The number of guanidine groups is 1. The van der Waals surface area contributed by atoms with Crippen molar-refractivity contribution in [1.82, 2.24) is 30.4 Å². The molecule has 1 aromatic carbocycles. The lowest BCUT2D eigenvalue weighted by Gasteiger charge is -2.10. The second-order valence-corrected chi connectivity index (χ2v) is 5.59. The van der Waals surface area contributed by atoms with E-state index in [0.29, 0.717) is 24.9 Å². The molecule has 27 heavy (non-hydrogen) atoms. The van der Waals surface area contributed by atoms with E-state index in [1.54, 1.807) is 12.6 Å². The number of rotatable bonds is 7. The quantitative estimate of drug-likeness (QED) is 0.306. The normalized spacial score (nSPS) is 11.1. The third kappa shape index (κ3) is 5.78. The molecule has 0 saturated carbocycles. The number of nitrogens with zero attached hydrogens (tertiary/aromatic N) is 5. The molecule has 0 aliphatic rings. The number of hydrogen-bond acceptors (Lipinski definition) is 5. The van der Waals surface area contributed by atoms with E-state index in [1.807, 2.05) is 41.8 Å². The molecule has 8 nitrogen and oxygen atoms in total. The number of aromatic nitrogens is 4. The average molecular weight is 481 g/mol. The summed E-state index contributed by atoms with van der Waals surface area (Å²) < 4.78 is 7.54. The lowest BCUT2D eigenvalue weighted by atomic mass is 10.2. The summed E-state index contributed by atoms with van der Waals surface area (Å²) in [6.45, 7) is 6.65. The number of halogens is 1. The summed E-state index contributed by atoms with van der Waals surface area (Å²) in [4.78, 5) is 9.05. The maximum Gasteiger partial charge on any atom is 0.226 e. The Balaban J connectivity index is 0.00000261. The molecule has 3 rings (SSSR count). The van der Waals surface area contributed by atoms with Crippen LogP contribution >= 0.6 is 24.0 Å². The first-order chi connectivity index (χ1) is 12.8. The van der Waals surface area contributed by atoms with Gasteiger partial charge in [-0.3, -0.25) is 0 Å². The van der Waals surface area contributed by atoms with Crippen molar-refractivity contribution >= 4 is 29.9 Å². The van der Waals surface area contributed by atoms with Crippen LogP contribution < -0.4 is 10.6 Å². The minimum atomic E-state index is 0. The van der Waals surface area contributed by atoms with Gasteiger partial charge in [-0.2, -0.15) is 0 Å². The zero-order valence-electron chi connectivity index (χ0n) is 15.4. The predicted octanol–water partition coefficient (Wildman–Crippen LogP) is 2.83. The molecule has 0 atom stereocenters. The Hall–Kier alpha value is -2.43. The van der Waals surface area contributed by atoms with E-state index in [4.69, 9.17) is 4.42 Å². The van der Waals surface area contributed by atoms with Crippen LogP contribution in [0.2, 0.25) is 0 Å². The Morgan fingerprint density at radius 3 is 2.74 bits per heavy atom. The summed E-state index contributed by atoms with van der Waals surface area (Å²) in [6, 6.07) is 9.81. The van der Waals surface area contributed by atoms with Crippen LogP contribution in [0.4, 0.5) is 0 Å². The maximum absolute atomic E-state index is 5.55. The first kappa shape index (κ1) is 20.9. The van der Waals surface area contributed by atoms with Gasteiger partial charge in [-0.05, 0) is 26.0 Å². The summed E-state index contributed by atoms with van der Waals surface area (Å²) in [7, 11) is 0. The Bertz CT molecular complexity index is 844. The molecule has 3 aromatic rings. The van der Waals surface area contributed by atoms with E-state index in [-0.39, 0.29) is 24.0 Å². The van der Waals surface area contributed by atoms with Crippen molar-refractivity contribution in [3.8, 4) is 11.5 Å². The van der Waals surface area contributed by atoms with Gasteiger partial charge in [-0.15, -0.1) is 34.2 Å². The molecular weight excluding hydrogens is 457 g/mol. The molecular formula is C18H24IN7O. The van der Waals surface area contributed by atoms with Crippen LogP contribution in [0.5, 0.6) is 0 Å². The van der Waals surface area contributed by atoms with Crippen molar-refractivity contribution in [3.63, 3.8) is 0 Å². The highest BCUT2D eigenvalue weighted by Gasteiger charge is 2.07. The summed E-state index contributed by atoms with van der Waals surface area (Å²) >= 11 is 0. The van der Waals surface area contributed by atoms with Gasteiger partial charge in [0.15, 0.2) is 11.8 Å². The molecule has 0 aliphatic carbocycles. The van der Waals surface area contributed by atoms with Crippen LogP contribution in [0.15, 0.2) is 52.3 Å². The van der Waals surface area contributed by atoms with Gasteiger partial charge in [0.1, 0.15) is 18.3 Å². The Labute approximate surface area is 175 Å². The van der Waals surface area contributed by atoms with Crippen LogP contribution in [0.1, 0.15) is 25.4 Å². The van der Waals surface area contributed by atoms with Gasteiger partial charge in [0.2, 0.25) is 5.89 Å². The molecule has 144 valence electrons. The van der Waals surface area contributed by atoms with Crippen LogP contribution in [-0.4, -0.2) is 32.3 Å². The van der Waals surface area contributed by atoms with Crippen LogP contribution in [0.25, 0.3) is 11.5 Å². The highest BCUT2D eigenvalue weighted by atomic mass is 127. The Kier molecular flexibility index (Phi) is 8.24. The molecule has 0 amide bonds. The molecule has 0 spiro atoms. The number of benzene rings is 1. The molecule has 0 radical (unpaired) electrons. The standard InChI is InChI=1S/C18H23N7O.HI/c1-3-19-18(21-11-16-24-22-13-25(16)4-2)20-10-15-12-26-17(23-15)14-8-6-5-7-9-14;/h5-9,12-13H,3-4,10-11H2,1-2H3,(H2,19,20,21);1H. The van der Waals surface area contributed by atoms with E-state index >= 15 is 0 Å². The van der Waals surface area contributed by atoms with Crippen LogP contribution in [-0.2, 0) is 19.6 Å². The summed E-state index contributed by atoms with van der Waals surface area (Å²) in [6.07, 6.45) is 3.37. The van der Waals surface area contributed by atoms with Crippen molar-refractivity contribution in [3.05, 3.63) is 54.4 Å². The number of oxazole rings is 1. The fourth-order valence-electron chi connectivity index (χ4n) is 2.44. The predicted molar refractivity (Wildman–Crippen MR) is 115 cm³/mol. The Morgan fingerprint density at radius 2 is 2.00 bits per heavy atom. The fraction of sp³-hybridized carbons (Fsp3) is 0.333. The molecule has 2 heterocycles. The van der Waals surface area contributed by atoms with Gasteiger partial charge in [0.25, 0.3) is 0 Å². The van der Waals surface area contributed by atoms with Crippen molar-refractivity contribution in [2.24, 2.45) is 4.99 Å². The summed E-state index contributed by atoms with van der Waals surface area (Å²) in [5.74, 6) is 2.16. The third-order valence-electron chi connectivity index (χ3n) is 3.77. The minimum Gasteiger partial charge on any atom is -0.444 e. The monoisotopic (exact) mass is 481 g/mol. The smallest absolute Gasteiger partial charge is 0.226 e. The zero-order chi connectivity index (χ0) is 18.2. The van der Waals surface area contributed by atoms with Crippen LogP contribution in [0.3, 0.4) is 0 Å². The SMILES string of the molecule is CCNC(=NCc1coc(-c2ccccc2)n1)NCc1nncn1CC.I. The molecule has 2 aromatic heterocycles. The van der Waals surface area contributed by atoms with Gasteiger partial charge >= 0.3 is 0 Å². The van der Waals surface area contributed by atoms with E-state index in [2.05, 4.69) is 37.7 Å². The number of nitrogens with one attached hydrogen (secondary N) is 2. The Morgan fingerprint density at radius 1 is 1.19 bits per heavy atom. The molecule has 0 fully saturated rings. The number of aliphatic imine (C=N–C) groups is 1. The van der Waals surface area contributed by atoms with Crippen LogP contribution in [0, 0.1) is 0 Å². The van der Waals surface area contributed by atoms with Gasteiger partial charge in [0.05, 0.1) is 13.1 Å². The minimum absolute atomic E-state index is 0. The van der Waals surface area contributed by atoms with Crippen molar-refractivity contribution in [2.75, 3.05) is 6.54 Å². The topological polar surface area (TPSA) is 93.2 Å². The van der Waals surface area contributed by atoms with Crippen molar-refractivity contribution in [1.29, 1.82) is 0 Å². The van der Waals surface area contributed by atoms with Gasteiger partial charge in [-0.25, -0.2) is 9.98 Å². The first-order valence-electron chi connectivity index (χ1n) is 8.68. The van der Waals surface area contributed by atoms with Gasteiger partial charge in [0, 0.05) is 18.7 Å². The molecule has 0 bridgehead atoms. The van der Waals surface area contributed by atoms with E-state index in [1.165, 1.54) is 0 Å². The van der Waals surface area contributed by atoms with Crippen molar-refractivity contribution < 1.29 is 4.42 Å². The number of aryl methyl sites for hydroxylation is 1. The molecule has 0 aliphatic heterocycles. The largest absolute Gasteiger partial charge is 0.444 e. The average Bonchev–Trinajstić information content (AvgIpc) is 3.34. The maximum atomic E-state index is 5.55. The number of hydrogen-bond donors (Lipinski definition) is 2. The van der Waals surface area contributed by atoms with Gasteiger partial charge < -0.3 is 19.6 Å². The highest BCUT2D eigenvalue weighted by Crippen LogP contribution is 2.18.